The molecule has 6 heteroatoms. The van der Waals surface area contributed by atoms with Crippen LogP contribution in [0.2, 0.25) is 10.0 Å². The van der Waals surface area contributed by atoms with E-state index in [2.05, 4.69) is 5.32 Å². The fraction of sp³-hybridized carbons (Fsp3) is 0.333. The van der Waals surface area contributed by atoms with Crippen molar-refractivity contribution in [1.82, 2.24) is 0 Å². The summed E-state index contributed by atoms with van der Waals surface area (Å²) in [4.78, 5) is 16.1. The summed E-state index contributed by atoms with van der Waals surface area (Å²) in [5, 5.41) is 3.26. The molecule has 82 valence electrons. The summed E-state index contributed by atoms with van der Waals surface area (Å²) in [5.74, 6) is -0.144. The van der Waals surface area contributed by atoms with E-state index in [1.165, 1.54) is 24.2 Å². The van der Waals surface area contributed by atoms with Gasteiger partial charge in [-0.1, -0.05) is 30.1 Å². The van der Waals surface area contributed by atoms with E-state index in [0.717, 1.165) is 0 Å². The second-order valence-electron chi connectivity index (χ2n) is 2.77. The van der Waals surface area contributed by atoms with E-state index < -0.39 is 0 Å². The van der Waals surface area contributed by atoms with Gasteiger partial charge in [0.2, 0.25) is 18.3 Å². The maximum atomic E-state index is 11.2. The Morgan fingerprint density at radius 1 is 1.47 bits per heavy atom. The lowest BCUT2D eigenvalue weighted by Gasteiger charge is -2.05. The lowest BCUT2D eigenvalue weighted by atomic mass is 10.3. The molecule has 1 N–H and O–H groups in total. The van der Waals surface area contributed by atoms with Crippen LogP contribution in [0.1, 0.15) is 13.3 Å². The van der Waals surface area contributed by atoms with Crippen molar-refractivity contribution < 1.29 is 14.4 Å². The van der Waals surface area contributed by atoms with E-state index in [-0.39, 0.29) is 5.91 Å². The summed E-state index contributed by atoms with van der Waals surface area (Å²) in [6.07, 6.45) is 3.39. The quantitative estimate of drug-likeness (QED) is 0.829. The molecule has 0 saturated carbocycles. The zero-order valence-electron chi connectivity index (χ0n) is 8.38. The van der Waals surface area contributed by atoms with Crippen LogP contribution in [0.4, 0.5) is 5.69 Å². The molecule has 0 aliphatic heterocycles. The summed E-state index contributed by atoms with van der Waals surface area (Å²) >= 11 is 11.8. The smallest absolute Gasteiger partial charge is 0.243 e. The molecule has 0 spiro atoms. The number of pyridine rings is 1. The van der Waals surface area contributed by atoms with Gasteiger partial charge >= 0.3 is 0 Å². The first kappa shape index (κ1) is 12.1. The normalized spacial score (nSPS) is 9.87. The van der Waals surface area contributed by atoms with Crippen molar-refractivity contribution in [3.63, 3.8) is 0 Å². The van der Waals surface area contributed by atoms with Crippen molar-refractivity contribution in [2.75, 3.05) is 12.4 Å². The Morgan fingerprint density at radius 3 is 2.40 bits per heavy atom. The van der Waals surface area contributed by atoms with Crippen LogP contribution in [0, 0.1) is 0 Å². The van der Waals surface area contributed by atoms with Crippen LogP contribution in [0.3, 0.4) is 0 Å². The number of anilines is 1. The predicted octanol–water partition coefficient (Wildman–Crippen LogP) is 1.69. The molecule has 1 amide bonds. The van der Waals surface area contributed by atoms with E-state index in [1.807, 2.05) is 0 Å². The Labute approximate surface area is 97.7 Å². The maximum absolute atomic E-state index is 11.2. The van der Waals surface area contributed by atoms with Crippen molar-refractivity contribution in [1.29, 1.82) is 0 Å². The Bertz CT molecular complexity index is 359. The first-order valence-electron chi connectivity index (χ1n) is 4.33. The van der Waals surface area contributed by atoms with Crippen LogP contribution in [0.25, 0.3) is 0 Å². The molecule has 0 aliphatic carbocycles. The standard InChI is InChI=1S/C9H10Cl2N2O2/c1-3-8(14)12-9-6(10)4-13(15-2)5-7(9)11/h4-5H,3H2,1-2H3/p+1. The zero-order valence-corrected chi connectivity index (χ0v) is 9.89. The van der Waals surface area contributed by atoms with Crippen molar-refractivity contribution in [3.05, 3.63) is 22.4 Å². The molecule has 0 bridgehead atoms. The van der Waals surface area contributed by atoms with Gasteiger partial charge in [-0.25, -0.2) is 0 Å². The van der Waals surface area contributed by atoms with Crippen molar-refractivity contribution in [2.45, 2.75) is 13.3 Å². The first-order valence-corrected chi connectivity index (χ1v) is 5.08. The first-order chi connectivity index (χ1) is 7.08. The Kier molecular flexibility index (Phi) is 4.17. The highest BCUT2D eigenvalue weighted by Gasteiger charge is 2.15. The molecule has 1 heterocycles. The predicted molar refractivity (Wildman–Crippen MR) is 58.1 cm³/mol. The number of amides is 1. The number of nitrogens with zero attached hydrogens (tertiary/aromatic N) is 1. The van der Waals surface area contributed by atoms with Gasteiger partial charge in [-0.15, -0.1) is 0 Å². The van der Waals surface area contributed by atoms with E-state index in [0.29, 0.717) is 22.2 Å². The number of rotatable bonds is 3. The molecule has 0 aromatic carbocycles. The van der Waals surface area contributed by atoms with Gasteiger partial charge in [-0.05, 0) is 0 Å². The zero-order chi connectivity index (χ0) is 11.4. The monoisotopic (exact) mass is 249 g/mol. The fourth-order valence-electron chi connectivity index (χ4n) is 0.957. The average molecular weight is 250 g/mol. The minimum atomic E-state index is -0.144. The number of nitrogens with one attached hydrogen (secondary N) is 1. The largest absolute Gasteiger partial charge is 0.323 e. The molecular formula is C9H11Cl2N2O2+. The van der Waals surface area contributed by atoms with E-state index in [9.17, 15) is 4.79 Å². The number of aromatic nitrogens is 1. The van der Waals surface area contributed by atoms with Crippen LogP contribution >= 0.6 is 23.2 Å². The number of halogens is 2. The second kappa shape index (κ2) is 5.19. The third-order valence-electron chi connectivity index (χ3n) is 1.76. The molecule has 0 unspecified atom stereocenters. The van der Waals surface area contributed by atoms with Crippen molar-refractivity contribution >= 4 is 34.8 Å². The molecule has 4 nitrogen and oxygen atoms in total. The van der Waals surface area contributed by atoms with E-state index in [1.54, 1.807) is 6.92 Å². The van der Waals surface area contributed by atoms with Gasteiger partial charge < -0.3 is 5.32 Å². The summed E-state index contributed by atoms with van der Waals surface area (Å²) in [6, 6.07) is 0. The summed E-state index contributed by atoms with van der Waals surface area (Å²) < 4.78 is 1.35. The molecule has 0 radical (unpaired) electrons. The highest BCUT2D eigenvalue weighted by molar-refractivity contribution is 6.39. The SMILES string of the molecule is CCC(=O)Nc1c(Cl)c[n+](OC)cc1Cl. The minimum absolute atomic E-state index is 0.144. The number of hydrogen-bond acceptors (Lipinski definition) is 2. The van der Waals surface area contributed by atoms with Crippen LogP contribution in [0.15, 0.2) is 12.4 Å². The molecule has 0 aliphatic rings. The molecule has 0 atom stereocenters. The third-order valence-corrected chi connectivity index (χ3v) is 2.33. The maximum Gasteiger partial charge on any atom is 0.243 e. The van der Waals surface area contributed by atoms with Crippen LogP contribution in [-0.4, -0.2) is 13.0 Å². The Hall–Kier alpha value is -1.00. The third kappa shape index (κ3) is 2.97. The molecular weight excluding hydrogens is 239 g/mol. The summed E-state index contributed by atoms with van der Waals surface area (Å²) in [6.45, 7) is 1.75. The second-order valence-corrected chi connectivity index (χ2v) is 3.59. The van der Waals surface area contributed by atoms with Gasteiger partial charge in [0.15, 0.2) is 0 Å². The molecule has 1 aromatic rings. The van der Waals surface area contributed by atoms with E-state index in [4.69, 9.17) is 28.0 Å². The summed E-state index contributed by atoms with van der Waals surface area (Å²) in [5.41, 5.74) is 0.401. The van der Waals surface area contributed by atoms with Gasteiger partial charge in [0.25, 0.3) is 0 Å². The van der Waals surface area contributed by atoms with Crippen molar-refractivity contribution in [2.24, 2.45) is 0 Å². The summed E-state index contributed by atoms with van der Waals surface area (Å²) in [7, 11) is 1.48. The van der Waals surface area contributed by atoms with Gasteiger partial charge in [0.1, 0.15) is 17.2 Å². The number of carbonyl (C=O) groups excluding carboxylic acids is 1. The lowest BCUT2D eigenvalue weighted by molar-refractivity contribution is -0.885. The van der Waals surface area contributed by atoms with Crippen LogP contribution < -0.4 is 14.9 Å². The highest BCUT2D eigenvalue weighted by Crippen LogP contribution is 2.27. The van der Waals surface area contributed by atoms with Gasteiger partial charge in [0.05, 0.1) is 5.69 Å². The van der Waals surface area contributed by atoms with Crippen LogP contribution in [0.5, 0.6) is 0 Å². The molecule has 0 fully saturated rings. The molecule has 0 saturated heterocycles. The van der Waals surface area contributed by atoms with E-state index >= 15 is 0 Å². The fourth-order valence-corrected chi connectivity index (χ4v) is 1.50. The molecule has 1 rings (SSSR count). The minimum Gasteiger partial charge on any atom is -0.323 e. The molecule has 15 heavy (non-hydrogen) atoms. The average Bonchev–Trinajstić information content (AvgIpc) is 2.22. The van der Waals surface area contributed by atoms with Gasteiger partial charge in [-0.2, -0.15) is 0 Å². The number of carbonyl (C=O) groups is 1. The Morgan fingerprint density at radius 2 is 2.00 bits per heavy atom. The Balaban J connectivity index is 3.03. The van der Waals surface area contributed by atoms with Gasteiger partial charge in [0, 0.05) is 11.2 Å². The molecule has 1 aromatic heterocycles. The highest BCUT2D eigenvalue weighted by atomic mass is 35.5. The van der Waals surface area contributed by atoms with Crippen LogP contribution in [-0.2, 0) is 4.79 Å². The van der Waals surface area contributed by atoms with Gasteiger partial charge in [-0.3, -0.25) is 9.63 Å². The van der Waals surface area contributed by atoms with Crippen molar-refractivity contribution in [3.8, 4) is 0 Å². The topological polar surface area (TPSA) is 42.2 Å². The number of hydrogen-bond donors (Lipinski definition) is 1. The lowest BCUT2D eigenvalue weighted by Crippen LogP contribution is -2.40.